The Labute approximate surface area is 161 Å². The Morgan fingerprint density at radius 1 is 0.821 bits per heavy atom. The molecule has 0 aliphatic carbocycles. The van der Waals surface area contributed by atoms with E-state index in [9.17, 15) is 0 Å². The molecule has 2 heterocycles. The van der Waals surface area contributed by atoms with Gasteiger partial charge in [-0.05, 0) is 29.7 Å². The van der Waals surface area contributed by atoms with Crippen molar-refractivity contribution in [3.8, 4) is 28.7 Å². The van der Waals surface area contributed by atoms with E-state index >= 15 is 0 Å². The van der Waals surface area contributed by atoms with Crippen molar-refractivity contribution in [2.24, 2.45) is 7.05 Å². The Balaban J connectivity index is 1.98. The van der Waals surface area contributed by atoms with Crippen LogP contribution in [0.5, 0.6) is 28.7 Å². The summed E-state index contributed by atoms with van der Waals surface area (Å²) in [5.74, 6) is 3.41. The maximum absolute atomic E-state index is 5.77. The molecule has 0 N–H and O–H groups in total. The quantitative estimate of drug-likeness (QED) is 0.402. The number of benzene rings is 3. The molecule has 0 bridgehead atoms. The standard InChI is InChI=1S/C22H20NO5/c1-23-10-13-8-18(24-2)21(25-3)22(26-4)19(13)14-6-5-12-7-16-17(28-11-27-16)9-15(12)20(14)23/h5-10H,11H2,1-4H3/q+1. The first-order valence-electron chi connectivity index (χ1n) is 8.93. The molecule has 0 unspecified atom stereocenters. The largest absolute Gasteiger partial charge is 0.493 e. The van der Waals surface area contributed by atoms with Crippen LogP contribution in [0.2, 0.25) is 0 Å². The molecular formula is C22H20NO5+. The van der Waals surface area contributed by atoms with Crippen LogP contribution in [0.3, 0.4) is 0 Å². The van der Waals surface area contributed by atoms with Gasteiger partial charge in [0.15, 0.2) is 29.2 Å². The summed E-state index contributed by atoms with van der Waals surface area (Å²) >= 11 is 0. The third-order valence-electron chi connectivity index (χ3n) is 5.30. The van der Waals surface area contributed by atoms with Crippen molar-refractivity contribution in [3.63, 3.8) is 0 Å². The minimum absolute atomic E-state index is 0.253. The molecule has 0 saturated carbocycles. The lowest BCUT2D eigenvalue weighted by Gasteiger charge is -2.16. The number of aryl methyl sites for hydroxylation is 1. The van der Waals surface area contributed by atoms with Crippen molar-refractivity contribution in [2.75, 3.05) is 28.1 Å². The Hall–Kier alpha value is -3.41. The minimum Gasteiger partial charge on any atom is -0.493 e. The van der Waals surface area contributed by atoms with Gasteiger partial charge in [0.25, 0.3) is 0 Å². The summed E-state index contributed by atoms with van der Waals surface area (Å²) < 4.78 is 30.1. The van der Waals surface area contributed by atoms with Crippen molar-refractivity contribution >= 4 is 32.4 Å². The molecule has 1 aromatic heterocycles. The molecule has 28 heavy (non-hydrogen) atoms. The maximum atomic E-state index is 5.77. The van der Waals surface area contributed by atoms with Crippen LogP contribution >= 0.6 is 0 Å². The SMILES string of the molecule is COc1cc2c[n+](C)c3c4cc5c(cc4ccc3c2c(OC)c1OC)OCO5. The van der Waals surface area contributed by atoms with Crippen LogP contribution in [0.4, 0.5) is 0 Å². The van der Waals surface area contributed by atoms with E-state index in [2.05, 4.69) is 22.9 Å². The first-order valence-corrected chi connectivity index (χ1v) is 8.93. The number of pyridine rings is 1. The third kappa shape index (κ3) is 2.17. The fraction of sp³-hybridized carbons (Fsp3) is 0.227. The number of fused-ring (bicyclic) bond motifs is 6. The molecule has 6 heteroatoms. The highest BCUT2D eigenvalue weighted by Crippen LogP contribution is 2.46. The van der Waals surface area contributed by atoms with Crippen LogP contribution in [-0.2, 0) is 7.05 Å². The fourth-order valence-corrected chi connectivity index (χ4v) is 4.11. The molecule has 3 aromatic carbocycles. The number of rotatable bonds is 3. The molecule has 0 atom stereocenters. The average Bonchev–Trinajstić information content (AvgIpc) is 3.17. The lowest BCUT2D eigenvalue weighted by Crippen LogP contribution is -2.28. The Morgan fingerprint density at radius 3 is 2.29 bits per heavy atom. The van der Waals surface area contributed by atoms with Gasteiger partial charge in [0.05, 0.1) is 37.5 Å². The summed E-state index contributed by atoms with van der Waals surface area (Å²) in [6.07, 6.45) is 2.08. The number of ether oxygens (including phenoxy) is 5. The van der Waals surface area contributed by atoms with Gasteiger partial charge in [-0.2, -0.15) is 4.57 Å². The summed E-state index contributed by atoms with van der Waals surface area (Å²) in [6, 6.07) is 10.2. The van der Waals surface area contributed by atoms with E-state index in [1.54, 1.807) is 21.3 Å². The zero-order valence-corrected chi connectivity index (χ0v) is 16.2. The number of nitrogens with zero attached hydrogens (tertiary/aromatic N) is 1. The van der Waals surface area contributed by atoms with Crippen LogP contribution in [0, 0.1) is 0 Å². The van der Waals surface area contributed by atoms with E-state index in [0.29, 0.717) is 17.2 Å². The smallest absolute Gasteiger partial charge is 0.231 e. The number of hydrogen-bond donors (Lipinski definition) is 0. The normalized spacial score (nSPS) is 12.7. The van der Waals surface area contributed by atoms with Gasteiger partial charge in [0.2, 0.25) is 18.1 Å². The first kappa shape index (κ1) is 16.7. The van der Waals surface area contributed by atoms with E-state index in [1.165, 1.54) is 0 Å². The zero-order chi connectivity index (χ0) is 19.4. The Bertz CT molecular complexity index is 1270. The summed E-state index contributed by atoms with van der Waals surface area (Å²) in [4.78, 5) is 0. The monoisotopic (exact) mass is 378 g/mol. The van der Waals surface area contributed by atoms with Gasteiger partial charge >= 0.3 is 0 Å². The first-order chi connectivity index (χ1) is 13.7. The van der Waals surface area contributed by atoms with Gasteiger partial charge in [-0.3, -0.25) is 0 Å². The number of methoxy groups -OCH3 is 3. The van der Waals surface area contributed by atoms with Gasteiger partial charge in [-0.1, -0.05) is 6.07 Å². The van der Waals surface area contributed by atoms with Crippen LogP contribution in [0.15, 0.2) is 36.5 Å². The molecule has 0 spiro atoms. The molecule has 142 valence electrons. The fourth-order valence-electron chi connectivity index (χ4n) is 4.11. The van der Waals surface area contributed by atoms with E-state index < -0.39 is 0 Å². The van der Waals surface area contributed by atoms with E-state index in [4.69, 9.17) is 23.7 Å². The predicted molar refractivity (Wildman–Crippen MR) is 106 cm³/mol. The van der Waals surface area contributed by atoms with Crippen molar-refractivity contribution in [1.29, 1.82) is 0 Å². The van der Waals surface area contributed by atoms with Gasteiger partial charge in [-0.15, -0.1) is 0 Å². The second-order valence-corrected chi connectivity index (χ2v) is 6.74. The minimum atomic E-state index is 0.253. The molecule has 5 rings (SSSR count). The van der Waals surface area contributed by atoms with Crippen molar-refractivity contribution < 1.29 is 28.3 Å². The lowest BCUT2D eigenvalue weighted by molar-refractivity contribution is -0.642. The molecule has 0 radical (unpaired) electrons. The average molecular weight is 378 g/mol. The molecule has 1 aliphatic heterocycles. The molecule has 1 aliphatic rings. The molecule has 0 saturated heterocycles. The molecular weight excluding hydrogens is 358 g/mol. The van der Waals surface area contributed by atoms with Crippen LogP contribution < -0.4 is 28.3 Å². The number of aromatic nitrogens is 1. The summed E-state index contributed by atoms with van der Waals surface area (Å²) in [7, 11) is 6.93. The van der Waals surface area contributed by atoms with Gasteiger partial charge in [0.1, 0.15) is 7.05 Å². The highest BCUT2D eigenvalue weighted by atomic mass is 16.7. The second-order valence-electron chi connectivity index (χ2n) is 6.74. The van der Waals surface area contributed by atoms with Gasteiger partial charge in [0, 0.05) is 5.39 Å². The van der Waals surface area contributed by atoms with Gasteiger partial charge in [-0.25, -0.2) is 0 Å². The van der Waals surface area contributed by atoms with Crippen molar-refractivity contribution in [3.05, 3.63) is 36.5 Å². The van der Waals surface area contributed by atoms with Crippen molar-refractivity contribution in [1.82, 2.24) is 0 Å². The van der Waals surface area contributed by atoms with Crippen LogP contribution in [0.1, 0.15) is 0 Å². The van der Waals surface area contributed by atoms with Crippen molar-refractivity contribution in [2.45, 2.75) is 0 Å². The second kappa shape index (κ2) is 6.05. The van der Waals surface area contributed by atoms with E-state index in [1.807, 2.05) is 25.2 Å². The highest BCUT2D eigenvalue weighted by molar-refractivity contribution is 6.16. The highest BCUT2D eigenvalue weighted by Gasteiger charge is 2.24. The van der Waals surface area contributed by atoms with Gasteiger partial charge < -0.3 is 23.7 Å². The summed E-state index contributed by atoms with van der Waals surface area (Å²) in [6.45, 7) is 0.253. The molecule has 6 nitrogen and oxygen atoms in total. The predicted octanol–water partition coefficient (Wildman–Crippen LogP) is 3.73. The Morgan fingerprint density at radius 2 is 1.57 bits per heavy atom. The molecule has 0 fully saturated rings. The van der Waals surface area contributed by atoms with Crippen LogP contribution in [0.25, 0.3) is 32.4 Å². The Kier molecular flexibility index (Phi) is 3.62. The topological polar surface area (TPSA) is 50.0 Å². The van der Waals surface area contributed by atoms with E-state index in [-0.39, 0.29) is 6.79 Å². The van der Waals surface area contributed by atoms with Crippen LogP contribution in [-0.4, -0.2) is 28.1 Å². The summed E-state index contributed by atoms with van der Waals surface area (Å²) in [5, 5.41) is 5.22. The zero-order valence-electron chi connectivity index (χ0n) is 16.2. The lowest BCUT2D eigenvalue weighted by atomic mass is 9.99. The number of hydrogen-bond acceptors (Lipinski definition) is 5. The summed E-state index contributed by atoms with van der Waals surface area (Å²) in [5.41, 5.74) is 1.08. The molecule has 4 aromatic rings. The maximum Gasteiger partial charge on any atom is 0.231 e. The molecule has 0 amide bonds. The third-order valence-corrected chi connectivity index (χ3v) is 5.30. The van der Waals surface area contributed by atoms with E-state index in [0.717, 1.165) is 43.9 Å².